The Balaban J connectivity index is 1.49. The van der Waals surface area contributed by atoms with Crippen LogP contribution in [0.4, 0.5) is 0 Å². The second kappa shape index (κ2) is 13.0. The standard InChI is InChI=1S/C29H35N5O6/c1-4-39-24-11-10-19(12-25(24)40-5-2)14-31-28(37)23(13-20-15-30-22-9-7-6-8-21(20)22)33-27(36)17-34-16-26(35)32-18(3)29(34)38/h6-12,15,18,23,30H,4-5,13-14,16-17H2,1-3H3,(H,31,37)(H,32,35)(H,33,36). The second-order valence-corrected chi connectivity index (χ2v) is 9.53. The average Bonchev–Trinajstić information content (AvgIpc) is 3.34. The number of para-hydroxylation sites is 1. The van der Waals surface area contributed by atoms with Gasteiger partial charge in [0.1, 0.15) is 25.2 Å². The van der Waals surface area contributed by atoms with Crippen LogP contribution in [0.25, 0.3) is 10.9 Å². The lowest BCUT2D eigenvalue weighted by molar-refractivity contribution is -0.146. The van der Waals surface area contributed by atoms with Crippen molar-refractivity contribution in [1.29, 1.82) is 0 Å². The number of hydrogen-bond donors (Lipinski definition) is 4. The minimum absolute atomic E-state index is 0.202. The van der Waals surface area contributed by atoms with Crippen LogP contribution in [0.5, 0.6) is 11.5 Å². The van der Waals surface area contributed by atoms with Crippen molar-refractivity contribution < 1.29 is 28.7 Å². The number of benzene rings is 2. The van der Waals surface area contributed by atoms with Crippen LogP contribution >= 0.6 is 0 Å². The topological polar surface area (TPSA) is 142 Å². The molecule has 4 N–H and O–H groups in total. The number of hydrogen-bond acceptors (Lipinski definition) is 6. The van der Waals surface area contributed by atoms with E-state index < -0.39 is 18.0 Å². The number of H-pyrrole nitrogens is 1. The molecule has 1 saturated heterocycles. The molecule has 2 unspecified atom stereocenters. The number of nitrogens with zero attached hydrogens (tertiary/aromatic N) is 1. The lowest BCUT2D eigenvalue weighted by Crippen LogP contribution is -2.59. The molecular formula is C29H35N5O6. The maximum absolute atomic E-state index is 13.4. The highest BCUT2D eigenvalue weighted by atomic mass is 16.5. The van der Waals surface area contributed by atoms with Gasteiger partial charge in [0.2, 0.25) is 23.6 Å². The van der Waals surface area contributed by atoms with Crippen molar-refractivity contribution in [2.45, 2.75) is 45.8 Å². The predicted octanol–water partition coefficient (Wildman–Crippen LogP) is 1.66. The van der Waals surface area contributed by atoms with Crippen molar-refractivity contribution in [3.63, 3.8) is 0 Å². The highest BCUT2D eigenvalue weighted by Gasteiger charge is 2.32. The molecule has 212 valence electrons. The third-order valence-corrected chi connectivity index (χ3v) is 6.55. The number of aromatic amines is 1. The van der Waals surface area contributed by atoms with E-state index in [0.29, 0.717) is 24.7 Å². The number of fused-ring (bicyclic) bond motifs is 1. The molecule has 2 atom stereocenters. The molecule has 11 heteroatoms. The Morgan fingerprint density at radius 2 is 1.82 bits per heavy atom. The zero-order valence-electron chi connectivity index (χ0n) is 22.9. The molecule has 1 fully saturated rings. The Morgan fingerprint density at radius 3 is 2.60 bits per heavy atom. The highest BCUT2D eigenvalue weighted by molar-refractivity contribution is 5.97. The van der Waals surface area contributed by atoms with Gasteiger partial charge >= 0.3 is 0 Å². The van der Waals surface area contributed by atoms with E-state index in [1.54, 1.807) is 13.0 Å². The number of ether oxygens (including phenoxy) is 2. The quantitative estimate of drug-likeness (QED) is 0.271. The number of aromatic nitrogens is 1. The summed E-state index contributed by atoms with van der Waals surface area (Å²) in [5.74, 6) is -0.400. The van der Waals surface area contributed by atoms with Gasteiger partial charge in [0, 0.05) is 30.1 Å². The van der Waals surface area contributed by atoms with Gasteiger partial charge in [-0.3, -0.25) is 19.2 Å². The van der Waals surface area contributed by atoms with Crippen molar-refractivity contribution in [2.24, 2.45) is 0 Å². The molecule has 4 rings (SSSR count). The Labute approximate surface area is 232 Å². The molecule has 3 aromatic rings. The molecular weight excluding hydrogens is 514 g/mol. The third-order valence-electron chi connectivity index (χ3n) is 6.55. The van der Waals surface area contributed by atoms with Crippen LogP contribution in [0.1, 0.15) is 31.9 Å². The molecule has 11 nitrogen and oxygen atoms in total. The minimum Gasteiger partial charge on any atom is -0.490 e. The fourth-order valence-corrected chi connectivity index (χ4v) is 4.67. The summed E-state index contributed by atoms with van der Waals surface area (Å²) in [6.07, 6.45) is 2.04. The molecule has 1 aliphatic rings. The van der Waals surface area contributed by atoms with E-state index in [9.17, 15) is 19.2 Å². The van der Waals surface area contributed by atoms with Crippen molar-refractivity contribution >= 4 is 34.5 Å². The first-order valence-corrected chi connectivity index (χ1v) is 13.4. The zero-order valence-corrected chi connectivity index (χ0v) is 22.9. The van der Waals surface area contributed by atoms with Gasteiger partial charge in [0.25, 0.3) is 0 Å². The first kappa shape index (κ1) is 28.5. The summed E-state index contributed by atoms with van der Waals surface area (Å²) in [7, 11) is 0. The number of carbonyl (C=O) groups is 4. The lowest BCUT2D eigenvalue weighted by Gasteiger charge is -2.30. The zero-order chi connectivity index (χ0) is 28.6. The summed E-state index contributed by atoms with van der Waals surface area (Å²) in [5.41, 5.74) is 2.58. The summed E-state index contributed by atoms with van der Waals surface area (Å²) in [6, 6.07) is 11.5. The molecule has 4 amide bonds. The third kappa shape index (κ3) is 6.90. The molecule has 0 aliphatic carbocycles. The molecule has 2 heterocycles. The van der Waals surface area contributed by atoms with Gasteiger partial charge in [-0.2, -0.15) is 0 Å². The first-order chi connectivity index (χ1) is 19.3. The van der Waals surface area contributed by atoms with E-state index in [1.165, 1.54) is 4.90 Å². The largest absolute Gasteiger partial charge is 0.490 e. The summed E-state index contributed by atoms with van der Waals surface area (Å²) >= 11 is 0. The van der Waals surface area contributed by atoms with E-state index in [1.807, 2.05) is 56.4 Å². The first-order valence-electron chi connectivity index (χ1n) is 13.4. The fraction of sp³-hybridized carbons (Fsp3) is 0.379. The van der Waals surface area contributed by atoms with E-state index >= 15 is 0 Å². The normalized spacial score (nSPS) is 15.9. The van der Waals surface area contributed by atoms with E-state index in [2.05, 4.69) is 20.9 Å². The molecule has 0 radical (unpaired) electrons. The van der Waals surface area contributed by atoms with E-state index in [-0.39, 0.29) is 43.8 Å². The SMILES string of the molecule is CCOc1ccc(CNC(=O)C(Cc2c[nH]c3ccccc23)NC(=O)CN2CC(=O)NC(C)C2=O)cc1OCC. The molecule has 2 aromatic carbocycles. The Hall–Kier alpha value is -4.54. The van der Waals surface area contributed by atoms with Crippen LogP contribution in [0.2, 0.25) is 0 Å². The van der Waals surface area contributed by atoms with Gasteiger partial charge in [-0.1, -0.05) is 24.3 Å². The average molecular weight is 550 g/mol. The second-order valence-electron chi connectivity index (χ2n) is 9.53. The van der Waals surface area contributed by atoms with Crippen LogP contribution in [0.3, 0.4) is 0 Å². The molecule has 0 bridgehead atoms. The monoisotopic (exact) mass is 549 g/mol. The summed E-state index contributed by atoms with van der Waals surface area (Å²) in [4.78, 5) is 55.2. The Kier molecular flexibility index (Phi) is 9.26. The van der Waals surface area contributed by atoms with Crippen LogP contribution in [-0.4, -0.2) is 71.9 Å². The summed E-state index contributed by atoms with van der Waals surface area (Å²) in [5, 5.41) is 9.17. The Morgan fingerprint density at radius 1 is 1.07 bits per heavy atom. The molecule has 0 spiro atoms. The van der Waals surface area contributed by atoms with Crippen LogP contribution < -0.4 is 25.4 Å². The number of nitrogens with one attached hydrogen (secondary N) is 4. The lowest BCUT2D eigenvalue weighted by atomic mass is 10.0. The van der Waals surface area contributed by atoms with Crippen LogP contribution in [0.15, 0.2) is 48.7 Å². The maximum Gasteiger partial charge on any atom is 0.245 e. The van der Waals surface area contributed by atoms with Gasteiger partial charge in [-0.05, 0) is 50.1 Å². The van der Waals surface area contributed by atoms with Gasteiger partial charge in [-0.25, -0.2) is 0 Å². The summed E-state index contributed by atoms with van der Waals surface area (Å²) < 4.78 is 11.3. The molecule has 1 aromatic heterocycles. The molecule has 1 aliphatic heterocycles. The van der Waals surface area contributed by atoms with E-state index in [4.69, 9.17) is 9.47 Å². The van der Waals surface area contributed by atoms with Crippen molar-refractivity contribution in [1.82, 2.24) is 25.8 Å². The fourth-order valence-electron chi connectivity index (χ4n) is 4.67. The van der Waals surface area contributed by atoms with Gasteiger partial charge in [0.05, 0.1) is 13.2 Å². The van der Waals surface area contributed by atoms with Crippen molar-refractivity contribution in [3.05, 3.63) is 59.8 Å². The predicted molar refractivity (Wildman–Crippen MR) is 149 cm³/mol. The molecule has 0 saturated carbocycles. The van der Waals surface area contributed by atoms with Gasteiger partial charge in [-0.15, -0.1) is 0 Å². The molecule has 40 heavy (non-hydrogen) atoms. The van der Waals surface area contributed by atoms with Crippen molar-refractivity contribution in [2.75, 3.05) is 26.3 Å². The number of piperazine rings is 1. The smallest absolute Gasteiger partial charge is 0.245 e. The van der Waals surface area contributed by atoms with Crippen LogP contribution in [-0.2, 0) is 32.1 Å². The minimum atomic E-state index is -0.924. The number of amides is 4. The van der Waals surface area contributed by atoms with Gasteiger partial charge < -0.3 is 35.3 Å². The number of carbonyl (C=O) groups excluding carboxylic acids is 4. The Bertz CT molecular complexity index is 1390. The van der Waals surface area contributed by atoms with Gasteiger partial charge in [0.15, 0.2) is 11.5 Å². The van der Waals surface area contributed by atoms with E-state index in [0.717, 1.165) is 22.0 Å². The maximum atomic E-state index is 13.4. The van der Waals surface area contributed by atoms with Crippen LogP contribution in [0, 0.1) is 0 Å². The summed E-state index contributed by atoms with van der Waals surface area (Å²) in [6.45, 7) is 5.96. The number of rotatable bonds is 12. The highest BCUT2D eigenvalue weighted by Crippen LogP contribution is 2.28. The van der Waals surface area contributed by atoms with Crippen molar-refractivity contribution in [3.8, 4) is 11.5 Å².